The lowest BCUT2D eigenvalue weighted by atomic mass is 10.1. The lowest BCUT2D eigenvalue weighted by molar-refractivity contribution is 0.100. The first-order valence-corrected chi connectivity index (χ1v) is 9.13. The van der Waals surface area contributed by atoms with Gasteiger partial charge in [-0.25, -0.2) is 4.98 Å². The minimum absolute atomic E-state index is 0.0605. The molecule has 1 aromatic heterocycles. The molecule has 2 N–H and O–H groups in total. The Kier molecular flexibility index (Phi) is 5.76. The van der Waals surface area contributed by atoms with Gasteiger partial charge < -0.3 is 10.6 Å². The molecule has 3 aromatic rings. The van der Waals surface area contributed by atoms with Gasteiger partial charge >= 0.3 is 0 Å². The Balaban J connectivity index is 1.73. The van der Waals surface area contributed by atoms with Crippen LogP contribution < -0.4 is 10.6 Å². The molecule has 1 heterocycles. The van der Waals surface area contributed by atoms with E-state index in [9.17, 15) is 9.59 Å². The smallest absolute Gasteiger partial charge is 0.274 e. The Hall–Kier alpha value is -3.18. The number of rotatable bonds is 5. The Labute approximate surface area is 168 Å². The average Bonchev–Trinajstić information content (AvgIpc) is 2.65. The second-order valence-corrected chi connectivity index (χ2v) is 6.99. The number of Topliss-reactive ketones (excluding diaryl/α,β-unsaturated/α-hetero) is 1. The van der Waals surface area contributed by atoms with Crippen molar-refractivity contribution in [1.82, 2.24) is 4.98 Å². The first-order valence-electron chi connectivity index (χ1n) is 8.75. The number of amides is 1. The van der Waals surface area contributed by atoms with Crippen molar-refractivity contribution in [3.8, 4) is 0 Å². The largest absolute Gasteiger partial charge is 0.353 e. The predicted molar refractivity (Wildman–Crippen MR) is 113 cm³/mol. The molecule has 5 nitrogen and oxygen atoms in total. The van der Waals surface area contributed by atoms with Crippen molar-refractivity contribution in [2.75, 3.05) is 10.6 Å². The maximum Gasteiger partial charge on any atom is 0.274 e. The molecule has 0 atom stereocenters. The highest BCUT2D eigenvalue weighted by atomic mass is 35.5. The molecule has 0 bridgehead atoms. The summed E-state index contributed by atoms with van der Waals surface area (Å²) in [5, 5.41) is 6.62. The van der Waals surface area contributed by atoms with E-state index < -0.39 is 0 Å². The minimum atomic E-state index is -0.350. The van der Waals surface area contributed by atoms with Crippen LogP contribution in [-0.2, 0) is 0 Å². The molecular weight excluding hydrogens is 374 g/mol. The number of hydrogen-bond acceptors (Lipinski definition) is 4. The summed E-state index contributed by atoms with van der Waals surface area (Å²) >= 11 is 6.32. The topological polar surface area (TPSA) is 71.1 Å². The first-order chi connectivity index (χ1) is 13.3. The zero-order valence-electron chi connectivity index (χ0n) is 15.8. The van der Waals surface area contributed by atoms with Crippen molar-refractivity contribution in [3.05, 3.63) is 82.1 Å². The van der Waals surface area contributed by atoms with Crippen LogP contribution in [-0.4, -0.2) is 16.7 Å². The highest BCUT2D eigenvalue weighted by Crippen LogP contribution is 2.30. The number of nitrogens with one attached hydrogen (secondary N) is 2. The average molecular weight is 394 g/mol. The summed E-state index contributed by atoms with van der Waals surface area (Å²) < 4.78 is 0. The van der Waals surface area contributed by atoms with E-state index >= 15 is 0 Å². The standard InChI is InChI=1S/C22H20ClN3O2/c1-13-9-14(2)21(19(23)10-13)25-18-7-8-20(24-12-18)22(28)26-17-6-4-5-16(11-17)15(3)27/h4-12,25H,1-3H3,(H,26,28). The van der Waals surface area contributed by atoms with Crippen molar-refractivity contribution in [1.29, 1.82) is 0 Å². The van der Waals surface area contributed by atoms with Crippen molar-refractivity contribution in [3.63, 3.8) is 0 Å². The van der Waals surface area contributed by atoms with Crippen molar-refractivity contribution in [2.45, 2.75) is 20.8 Å². The molecule has 0 aliphatic heterocycles. The summed E-state index contributed by atoms with van der Waals surface area (Å²) in [6.45, 7) is 5.45. The highest BCUT2D eigenvalue weighted by Gasteiger charge is 2.10. The van der Waals surface area contributed by atoms with E-state index in [2.05, 4.69) is 15.6 Å². The van der Waals surface area contributed by atoms with E-state index in [1.165, 1.54) is 6.92 Å². The first kappa shape index (κ1) is 19.6. The van der Waals surface area contributed by atoms with Crippen molar-refractivity contribution >= 4 is 40.4 Å². The number of hydrogen-bond donors (Lipinski definition) is 2. The van der Waals surface area contributed by atoms with Gasteiger partial charge in [-0.05, 0) is 62.2 Å². The molecule has 0 aliphatic rings. The van der Waals surface area contributed by atoms with Crippen LogP contribution in [0.25, 0.3) is 0 Å². The summed E-state index contributed by atoms with van der Waals surface area (Å²) in [6, 6.07) is 14.1. The second kappa shape index (κ2) is 8.23. The van der Waals surface area contributed by atoms with Gasteiger partial charge in [0.15, 0.2) is 5.78 Å². The fourth-order valence-corrected chi connectivity index (χ4v) is 3.20. The number of carbonyl (C=O) groups is 2. The molecule has 1 amide bonds. The third-order valence-corrected chi connectivity index (χ3v) is 4.52. The number of benzene rings is 2. The summed E-state index contributed by atoms with van der Waals surface area (Å²) in [7, 11) is 0. The van der Waals surface area contributed by atoms with Crippen LogP contribution >= 0.6 is 11.6 Å². The molecule has 0 saturated carbocycles. The monoisotopic (exact) mass is 393 g/mol. The number of ketones is 1. The fraction of sp³-hybridized carbons (Fsp3) is 0.136. The number of pyridine rings is 1. The number of aryl methyl sites for hydroxylation is 2. The summed E-state index contributed by atoms with van der Waals surface area (Å²) in [4.78, 5) is 28.1. The van der Waals surface area contributed by atoms with Gasteiger partial charge in [-0.15, -0.1) is 0 Å². The Bertz CT molecular complexity index is 1020. The number of nitrogens with zero attached hydrogens (tertiary/aromatic N) is 1. The molecular formula is C22H20ClN3O2. The van der Waals surface area contributed by atoms with Gasteiger partial charge in [-0.1, -0.05) is 29.8 Å². The molecule has 2 aromatic carbocycles. The van der Waals surface area contributed by atoms with E-state index in [4.69, 9.17) is 11.6 Å². The molecule has 0 aliphatic carbocycles. The van der Waals surface area contributed by atoms with Gasteiger partial charge in [-0.2, -0.15) is 0 Å². The molecule has 0 spiro atoms. The van der Waals surface area contributed by atoms with Gasteiger partial charge in [0.05, 0.1) is 22.6 Å². The van der Waals surface area contributed by atoms with E-state index in [0.717, 1.165) is 22.5 Å². The van der Waals surface area contributed by atoms with Crippen LogP contribution in [0.15, 0.2) is 54.7 Å². The van der Waals surface area contributed by atoms with Crippen molar-refractivity contribution in [2.24, 2.45) is 0 Å². The quantitative estimate of drug-likeness (QED) is 0.557. The maximum atomic E-state index is 12.4. The molecule has 0 saturated heterocycles. The molecule has 28 heavy (non-hydrogen) atoms. The normalized spacial score (nSPS) is 10.4. The van der Waals surface area contributed by atoms with Gasteiger partial charge in [0.25, 0.3) is 5.91 Å². The Morgan fingerprint density at radius 2 is 1.79 bits per heavy atom. The van der Waals surface area contributed by atoms with E-state index in [0.29, 0.717) is 16.3 Å². The van der Waals surface area contributed by atoms with Gasteiger partial charge in [0, 0.05) is 11.3 Å². The van der Waals surface area contributed by atoms with Crippen LogP contribution in [0.2, 0.25) is 5.02 Å². The summed E-state index contributed by atoms with van der Waals surface area (Å²) in [5.41, 5.74) is 5.01. The number of aromatic nitrogens is 1. The highest BCUT2D eigenvalue weighted by molar-refractivity contribution is 6.33. The molecule has 0 fully saturated rings. The van der Waals surface area contributed by atoms with Gasteiger partial charge in [0.2, 0.25) is 0 Å². The lowest BCUT2D eigenvalue weighted by Gasteiger charge is -2.13. The summed E-state index contributed by atoms with van der Waals surface area (Å²) in [6.07, 6.45) is 1.58. The third kappa shape index (κ3) is 4.56. The Morgan fingerprint density at radius 1 is 1.00 bits per heavy atom. The number of carbonyl (C=O) groups excluding carboxylic acids is 2. The second-order valence-electron chi connectivity index (χ2n) is 6.59. The van der Waals surface area contributed by atoms with E-state index in [1.54, 1.807) is 42.6 Å². The number of anilines is 3. The maximum absolute atomic E-state index is 12.4. The minimum Gasteiger partial charge on any atom is -0.353 e. The van der Waals surface area contributed by atoms with E-state index in [-0.39, 0.29) is 17.4 Å². The van der Waals surface area contributed by atoms with Crippen LogP contribution in [0.1, 0.15) is 38.9 Å². The third-order valence-electron chi connectivity index (χ3n) is 4.22. The molecule has 6 heteroatoms. The van der Waals surface area contributed by atoms with Crippen LogP contribution in [0.4, 0.5) is 17.1 Å². The van der Waals surface area contributed by atoms with Crippen LogP contribution in [0, 0.1) is 13.8 Å². The van der Waals surface area contributed by atoms with E-state index in [1.807, 2.05) is 26.0 Å². The molecule has 142 valence electrons. The Morgan fingerprint density at radius 3 is 2.43 bits per heavy atom. The van der Waals surface area contributed by atoms with Crippen molar-refractivity contribution < 1.29 is 9.59 Å². The van der Waals surface area contributed by atoms with Crippen LogP contribution in [0.3, 0.4) is 0 Å². The molecule has 0 radical (unpaired) electrons. The van der Waals surface area contributed by atoms with Gasteiger partial charge in [-0.3, -0.25) is 9.59 Å². The molecule has 0 unspecified atom stereocenters. The number of halogens is 1. The zero-order valence-corrected chi connectivity index (χ0v) is 16.6. The zero-order chi connectivity index (χ0) is 20.3. The van der Waals surface area contributed by atoms with Crippen LogP contribution in [0.5, 0.6) is 0 Å². The fourth-order valence-electron chi connectivity index (χ4n) is 2.83. The summed E-state index contributed by atoms with van der Waals surface area (Å²) in [5.74, 6) is -0.411. The SMILES string of the molecule is CC(=O)c1cccc(NC(=O)c2ccc(Nc3c(C)cc(C)cc3Cl)cn2)c1. The van der Waals surface area contributed by atoms with Gasteiger partial charge in [0.1, 0.15) is 5.69 Å². The lowest BCUT2D eigenvalue weighted by Crippen LogP contribution is -2.14. The molecule has 3 rings (SSSR count). The predicted octanol–water partition coefficient (Wildman–Crippen LogP) is 5.55.